The number of rotatable bonds is 2. The number of aryl methyl sites for hydroxylation is 2. The summed E-state index contributed by atoms with van der Waals surface area (Å²) in [5, 5.41) is 10.2. The minimum Gasteiger partial charge on any atom is -0.269 e. The Labute approximate surface area is 89.0 Å². The standard InChI is InChI=1S/C12H12N2O/c1-9-3-4-11(10(2)7-9)5-6-12(15)14-8-13/h3-7H,1-2H3,(H,14,15). The number of amides is 1. The molecular formula is C12H12N2O. The second-order valence-corrected chi connectivity index (χ2v) is 3.29. The fourth-order valence-corrected chi connectivity index (χ4v) is 1.27. The molecule has 1 rings (SSSR count). The number of carbonyl (C=O) groups excluding carboxylic acids is 1. The molecule has 0 atom stereocenters. The lowest BCUT2D eigenvalue weighted by Crippen LogP contribution is -2.13. The molecule has 1 aromatic carbocycles. The SMILES string of the molecule is Cc1ccc(C=CC(=O)NC#N)c(C)c1. The Morgan fingerprint density at radius 2 is 2.20 bits per heavy atom. The van der Waals surface area contributed by atoms with E-state index in [9.17, 15) is 4.79 Å². The summed E-state index contributed by atoms with van der Waals surface area (Å²) in [6.07, 6.45) is 4.62. The van der Waals surface area contributed by atoms with E-state index < -0.39 is 5.91 Å². The van der Waals surface area contributed by atoms with E-state index in [-0.39, 0.29) is 0 Å². The van der Waals surface area contributed by atoms with E-state index in [0.717, 1.165) is 11.1 Å². The highest BCUT2D eigenvalue weighted by Gasteiger charge is 1.96. The van der Waals surface area contributed by atoms with E-state index in [1.165, 1.54) is 11.6 Å². The van der Waals surface area contributed by atoms with Crippen molar-refractivity contribution in [1.82, 2.24) is 5.32 Å². The summed E-state index contributed by atoms with van der Waals surface area (Å²) in [5.41, 5.74) is 3.27. The molecule has 1 aromatic rings. The number of hydrogen-bond donors (Lipinski definition) is 1. The van der Waals surface area contributed by atoms with E-state index >= 15 is 0 Å². The first-order valence-electron chi connectivity index (χ1n) is 4.58. The summed E-state index contributed by atoms with van der Waals surface area (Å²) >= 11 is 0. The van der Waals surface area contributed by atoms with E-state index in [0.29, 0.717) is 0 Å². The van der Waals surface area contributed by atoms with Crippen molar-refractivity contribution in [3.8, 4) is 6.19 Å². The van der Waals surface area contributed by atoms with Gasteiger partial charge < -0.3 is 0 Å². The third-order valence-electron chi connectivity index (χ3n) is 2.02. The van der Waals surface area contributed by atoms with Gasteiger partial charge in [0.15, 0.2) is 6.19 Å². The number of nitriles is 1. The van der Waals surface area contributed by atoms with Gasteiger partial charge in [-0.05, 0) is 31.1 Å². The smallest absolute Gasteiger partial charge is 0.256 e. The summed E-state index contributed by atoms with van der Waals surface area (Å²) in [5.74, 6) is -0.405. The predicted octanol–water partition coefficient (Wildman–Crippen LogP) is 1.91. The summed E-state index contributed by atoms with van der Waals surface area (Å²) < 4.78 is 0. The van der Waals surface area contributed by atoms with Crippen molar-refractivity contribution in [2.24, 2.45) is 0 Å². The minimum atomic E-state index is -0.405. The van der Waals surface area contributed by atoms with Crippen LogP contribution in [0.3, 0.4) is 0 Å². The topological polar surface area (TPSA) is 52.9 Å². The van der Waals surface area contributed by atoms with Crippen LogP contribution in [0.4, 0.5) is 0 Å². The summed E-state index contributed by atoms with van der Waals surface area (Å²) in [7, 11) is 0. The van der Waals surface area contributed by atoms with E-state index in [4.69, 9.17) is 5.26 Å². The minimum absolute atomic E-state index is 0.405. The van der Waals surface area contributed by atoms with Crippen molar-refractivity contribution in [2.75, 3.05) is 0 Å². The van der Waals surface area contributed by atoms with Gasteiger partial charge in [-0.2, -0.15) is 5.26 Å². The van der Waals surface area contributed by atoms with Crippen LogP contribution < -0.4 is 5.32 Å². The van der Waals surface area contributed by atoms with E-state index in [1.54, 1.807) is 12.3 Å². The zero-order valence-electron chi connectivity index (χ0n) is 8.74. The summed E-state index contributed by atoms with van der Waals surface area (Å²) in [6, 6.07) is 5.97. The first-order valence-corrected chi connectivity index (χ1v) is 4.58. The largest absolute Gasteiger partial charge is 0.269 e. The highest BCUT2D eigenvalue weighted by atomic mass is 16.1. The second-order valence-electron chi connectivity index (χ2n) is 3.29. The molecule has 0 aromatic heterocycles. The molecule has 0 aliphatic carbocycles. The number of nitrogens with one attached hydrogen (secondary N) is 1. The van der Waals surface area contributed by atoms with Gasteiger partial charge in [0.25, 0.3) is 5.91 Å². The Morgan fingerprint density at radius 1 is 1.47 bits per heavy atom. The van der Waals surface area contributed by atoms with Crippen LogP contribution in [0, 0.1) is 25.3 Å². The van der Waals surface area contributed by atoms with Gasteiger partial charge >= 0.3 is 0 Å². The van der Waals surface area contributed by atoms with Crippen molar-refractivity contribution >= 4 is 12.0 Å². The number of nitrogens with zero attached hydrogens (tertiary/aromatic N) is 1. The highest BCUT2D eigenvalue weighted by molar-refractivity contribution is 5.92. The Kier molecular flexibility index (Phi) is 3.64. The van der Waals surface area contributed by atoms with Crippen LogP contribution in [0.5, 0.6) is 0 Å². The molecule has 0 radical (unpaired) electrons. The van der Waals surface area contributed by atoms with Gasteiger partial charge in [0.1, 0.15) is 0 Å². The van der Waals surface area contributed by atoms with Gasteiger partial charge in [-0.25, -0.2) is 0 Å². The lowest BCUT2D eigenvalue weighted by molar-refractivity contribution is -0.115. The molecule has 0 aliphatic heterocycles. The molecule has 0 saturated heterocycles. The van der Waals surface area contributed by atoms with Crippen molar-refractivity contribution < 1.29 is 4.79 Å². The molecule has 0 fully saturated rings. The Balaban J connectivity index is 2.82. The highest BCUT2D eigenvalue weighted by Crippen LogP contribution is 2.11. The zero-order valence-corrected chi connectivity index (χ0v) is 8.74. The van der Waals surface area contributed by atoms with Gasteiger partial charge in [0, 0.05) is 6.08 Å². The van der Waals surface area contributed by atoms with Gasteiger partial charge in [-0.3, -0.25) is 10.1 Å². The first-order chi connectivity index (χ1) is 7.13. The van der Waals surface area contributed by atoms with Crippen LogP contribution in [0.2, 0.25) is 0 Å². The van der Waals surface area contributed by atoms with Crippen LogP contribution in [-0.4, -0.2) is 5.91 Å². The molecule has 76 valence electrons. The maximum absolute atomic E-state index is 11.0. The monoisotopic (exact) mass is 200 g/mol. The maximum Gasteiger partial charge on any atom is 0.256 e. The van der Waals surface area contributed by atoms with Crippen LogP contribution >= 0.6 is 0 Å². The normalized spacial score (nSPS) is 9.93. The van der Waals surface area contributed by atoms with Crippen LogP contribution in [0.25, 0.3) is 6.08 Å². The van der Waals surface area contributed by atoms with Crippen molar-refractivity contribution in [3.63, 3.8) is 0 Å². The fourth-order valence-electron chi connectivity index (χ4n) is 1.27. The van der Waals surface area contributed by atoms with Crippen LogP contribution in [0.15, 0.2) is 24.3 Å². The maximum atomic E-state index is 11.0. The number of carbonyl (C=O) groups is 1. The van der Waals surface area contributed by atoms with Crippen LogP contribution in [0.1, 0.15) is 16.7 Å². The molecule has 0 unspecified atom stereocenters. The third kappa shape index (κ3) is 3.28. The van der Waals surface area contributed by atoms with Crippen LogP contribution in [-0.2, 0) is 4.79 Å². The Bertz CT molecular complexity index is 441. The molecule has 0 saturated carbocycles. The summed E-state index contributed by atoms with van der Waals surface area (Å²) in [4.78, 5) is 11.0. The zero-order chi connectivity index (χ0) is 11.3. The molecule has 0 bridgehead atoms. The average Bonchev–Trinajstić information content (AvgIpc) is 2.17. The van der Waals surface area contributed by atoms with Gasteiger partial charge in [0.2, 0.25) is 0 Å². The average molecular weight is 200 g/mol. The quantitative estimate of drug-likeness (QED) is 0.450. The van der Waals surface area contributed by atoms with Crippen molar-refractivity contribution in [1.29, 1.82) is 5.26 Å². The van der Waals surface area contributed by atoms with Gasteiger partial charge in [0.05, 0.1) is 0 Å². The lowest BCUT2D eigenvalue weighted by atomic mass is 10.1. The lowest BCUT2D eigenvalue weighted by Gasteiger charge is -2.00. The molecule has 0 heterocycles. The molecule has 1 N–H and O–H groups in total. The van der Waals surface area contributed by atoms with E-state index in [2.05, 4.69) is 0 Å². The van der Waals surface area contributed by atoms with Crippen molar-refractivity contribution in [3.05, 3.63) is 41.0 Å². The van der Waals surface area contributed by atoms with Gasteiger partial charge in [-0.1, -0.05) is 23.8 Å². The predicted molar refractivity (Wildman–Crippen MR) is 58.7 cm³/mol. The molecule has 3 nitrogen and oxygen atoms in total. The molecular weight excluding hydrogens is 188 g/mol. The summed E-state index contributed by atoms with van der Waals surface area (Å²) in [6.45, 7) is 4.00. The van der Waals surface area contributed by atoms with Gasteiger partial charge in [-0.15, -0.1) is 0 Å². The fraction of sp³-hybridized carbons (Fsp3) is 0.167. The molecule has 0 aliphatic rings. The molecule has 15 heavy (non-hydrogen) atoms. The molecule has 3 heteroatoms. The Hall–Kier alpha value is -2.08. The number of benzene rings is 1. The molecule has 0 spiro atoms. The third-order valence-corrected chi connectivity index (χ3v) is 2.02. The second kappa shape index (κ2) is 4.97. The number of hydrogen-bond acceptors (Lipinski definition) is 2. The van der Waals surface area contributed by atoms with Crippen molar-refractivity contribution in [2.45, 2.75) is 13.8 Å². The molecule has 1 amide bonds. The van der Waals surface area contributed by atoms with E-state index in [1.807, 2.05) is 37.4 Å². The Morgan fingerprint density at radius 3 is 2.80 bits per heavy atom. The first kappa shape index (κ1) is 11.0.